The summed E-state index contributed by atoms with van der Waals surface area (Å²) < 4.78 is 7.59. The lowest BCUT2D eigenvalue weighted by atomic mass is 9.99. The number of hydrogen-bond donors (Lipinski definition) is 1. The Morgan fingerprint density at radius 3 is 2.88 bits per heavy atom. The minimum absolute atomic E-state index is 0.632. The predicted molar refractivity (Wildman–Crippen MR) is 102 cm³/mol. The fraction of sp³-hybridized carbons (Fsp3) is 0.400. The van der Waals surface area contributed by atoms with E-state index in [-0.39, 0.29) is 0 Å². The van der Waals surface area contributed by atoms with Crippen molar-refractivity contribution in [2.24, 2.45) is 5.92 Å². The van der Waals surface area contributed by atoms with Gasteiger partial charge in [0.2, 0.25) is 0 Å². The van der Waals surface area contributed by atoms with Crippen molar-refractivity contribution in [3.63, 3.8) is 0 Å². The number of ether oxygens (including phenoxy) is 1. The first-order chi connectivity index (χ1) is 11.6. The van der Waals surface area contributed by atoms with Crippen LogP contribution in [0.2, 0.25) is 5.02 Å². The van der Waals surface area contributed by atoms with Gasteiger partial charge < -0.3 is 14.6 Å². The summed E-state index contributed by atoms with van der Waals surface area (Å²) in [5, 5.41) is 6.43. The van der Waals surface area contributed by atoms with Crippen LogP contribution in [0.25, 0.3) is 23.9 Å². The van der Waals surface area contributed by atoms with Crippen LogP contribution in [0.5, 0.6) is 5.75 Å². The molecule has 1 fully saturated rings. The summed E-state index contributed by atoms with van der Waals surface area (Å²) in [6, 6.07) is 8.05. The van der Waals surface area contributed by atoms with E-state index in [0.717, 1.165) is 42.0 Å². The fourth-order valence-corrected chi connectivity index (χ4v) is 3.73. The van der Waals surface area contributed by atoms with E-state index in [0.29, 0.717) is 10.9 Å². The van der Waals surface area contributed by atoms with Gasteiger partial charge in [-0.3, -0.25) is 0 Å². The Morgan fingerprint density at radius 1 is 1.42 bits per heavy atom. The van der Waals surface area contributed by atoms with E-state index >= 15 is 0 Å². The maximum absolute atomic E-state index is 6.53. The van der Waals surface area contributed by atoms with Crippen molar-refractivity contribution in [2.45, 2.75) is 26.3 Å². The van der Waals surface area contributed by atoms with Crippen LogP contribution in [0, 0.1) is 5.92 Å². The third kappa shape index (κ3) is 3.38. The maximum Gasteiger partial charge on any atom is 0.120 e. The van der Waals surface area contributed by atoms with Crippen LogP contribution in [-0.4, -0.2) is 24.8 Å². The van der Waals surface area contributed by atoms with Crippen molar-refractivity contribution in [2.75, 3.05) is 20.2 Å². The van der Waals surface area contributed by atoms with Gasteiger partial charge in [-0.15, -0.1) is 0 Å². The summed E-state index contributed by atoms with van der Waals surface area (Å²) in [4.78, 5) is 0. The lowest BCUT2D eigenvalue weighted by molar-refractivity contribution is 0.336. The molecule has 1 aliphatic rings. The largest absolute Gasteiger partial charge is 0.497 e. The van der Waals surface area contributed by atoms with Crippen LogP contribution >= 0.6 is 11.6 Å². The second-order valence-corrected chi connectivity index (χ2v) is 6.80. The van der Waals surface area contributed by atoms with Crippen LogP contribution in [0.4, 0.5) is 0 Å². The molecular weight excluding hydrogens is 320 g/mol. The molecule has 128 valence electrons. The van der Waals surface area contributed by atoms with E-state index in [9.17, 15) is 0 Å². The van der Waals surface area contributed by atoms with Crippen molar-refractivity contribution < 1.29 is 4.74 Å². The zero-order chi connectivity index (χ0) is 17.1. The zero-order valence-corrected chi connectivity index (χ0v) is 15.2. The zero-order valence-electron chi connectivity index (χ0n) is 14.4. The minimum Gasteiger partial charge on any atom is -0.497 e. The highest BCUT2D eigenvalue weighted by atomic mass is 35.5. The number of aromatic nitrogens is 1. The third-order valence-electron chi connectivity index (χ3n) is 4.84. The summed E-state index contributed by atoms with van der Waals surface area (Å²) in [7, 11) is 1.66. The standard InChI is InChI=1S/C20H25ClN2O/c1-4-16-10-20(18-8-7-17(24-3)11-19(18)21)23(14(16)2)13-15-6-5-9-22-12-15/h4,7-8,10-11,15,22H,2,5-6,9,12-13H2,1,3H3/b16-4-/t15-/m1/s1. The highest BCUT2D eigenvalue weighted by Crippen LogP contribution is 2.30. The van der Waals surface area contributed by atoms with Gasteiger partial charge in [0.15, 0.2) is 0 Å². The van der Waals surface area contributed by atoms with Crippen LogP contribution in [0.15, 0.2) is 24.3 Å². The molecule has 0 radical (unpaired) electrons. The summed E-state index contributed by atoms with van der Waals surface area (Å²) in [6.45, 7) is 9.53. The molecule has 0 saturated carbocycles. The first-order valence-corrected chi connectivity index (χ1v) is 8.91. The lowest BCUT2D eigenvalue weighted by Crippen LogP contribution is -2.36. The fourth-order valence-electron chi connectivity index (χ4n) is 3.46. The summed E-state index contributed by atoms with van der Waals surface area (Å²) in [5.41, 5.74) is 2.16. The molecule has 0 bridgehead atoms. The van der Waals surface area contributed by atoms with Crippen molar-refractivity contribution in [1.29, 1.82) is 0 Å². The van der Waals surface area contributed by atoms with Crippen LogP contribution in [0.1, 0.15) is 19.8 Å². The number of nitrogens with zero attached hydrogens (tertiary/aromatic N) is 1. The van der Waals surface area contributed by atoms with Gasteiger partial charge in [0.05, 0.1) is 17.8 Å². The number of benzene rings is 1. The van der Waals surface area contributed by atoms with Crippen molar-refractivity contribution >= 4 is 24.3 Å². The summed E-state index contributed by atoms with van der Waals surface area (Å²) in [6.07, 6.45) is 4.61. The lowest BCUT2D eigenvalue weighted by Gasteiger charge is -2.24. The van der Waals surface area contributed by atoms with E-state index < -0.39 is 0 Å². The second kappa shape index (κ2) is 7.45. The molecule has 2 aromatic rings. The van der Waals surface area contributed by atoms with Crippen molar-refractivity contribution in [3.05, 3.63) is 39.9 Å². The summed E-state index contributed by atoms with van der Waals surface area (Å²) in [5.74, 6) is 1.41. The normalized spacial score (nSPS) is 18.8. The molecule has 0 unspecified atom stereocenters. The van der Waals surface area contributed by atoms with Crippen LogP contribution in [0.3, 0.4) is 0 Å². The van der Waals surface area contributed by atoms with Gasteiger partial charge in [-0.05, 0) is 68.3 Å². The molecule has 3 rings (SSSR count). The molecule has 1 saturated heterocycles. The predicted octanol–water partition coefficient (Wildman–Crippen LogP) is 3.03. The molecular formula is C20H25ClN2O. The average molecular weight is 345 g/mol. The monoisotopic (exact) mass is 344 g/mol. The van der Waals surface area contributed by atoms with E-state index in [1.807, 2.05) is 18.2 Å². The summed E-state index contributed by atoms with van der Waals surface area (Å²) >= 11 is 6.53. The molecule has 1 atom stereocenters. The average Bonchev–Trinajstić information content (AvgIpc) is 2.91. The van der Waals surface area contributed by atoms with Crippen LogP contribution < -0.4 is 20.6 Å². The highest BCUT2D eigenvalue weighted by Gasteiger charge is 2.17. The Labute approximate surface area is 148 Å². The van der Waals surface area contributed by atoms with Crippen molar-refractivity contribution in [3.8, 4) is 17.0 Å². The number of methoxy groups -OCH3 is 1. The molecule has 3 nitrogen and oxygen atoms in total. The van der Waals surface area contributed by atoms with E-state index in [1.165, 1.54) is 18.1 Å². The number of rotatable bonds is 4. The van der Waals surface area contributed by atoms with E-state index in [1.54, 1.807) is 7.11 Å². The molecule has 1 aliphatic heterocycles. The molecule has 1 N–H and O–H groups in total. The minimum atomic E-state index is 0.632. The van der Waals surface area contributed by atoms with Gasteiger partial charge in [-0.2, -0.15) is 0 Å². The number of nitrogens with one attached hydrogen (secondary N) is 1. The Morgan fingerprint density at radius 2 is 2.25 bits per heavy atom. The first kappa shape index (κ1) is 17.1. The molecule has 0 aliphatic carbocycles. The molecule has 1 aromatic heterocycles. The first-order valence-electron chi connectivity index (χ1n) is 8.53. The Kier molecular flexibility index (Phi) is 5.32. The number of halogens is 1. The Bertz CT molecular complexity index is 819. The third-order valence-corrected chi connectivity index (χ3v) is 5.16. The smallest absolute Gasteiger partial charge is 0.120 e. The van der Waals surface area contributed by atoms with Gasteiger partial charge in [-0.25, -0.2) is 0 Å². The van der Waals surface area contributed by atoms with Crippen molar-refractivity contribution in [1.82, 2.24) is 9.88 Å². The molecule has 24 heavy (non-hydrogen) atoms. The van der Waals surface area contributed by atoms with Crippen LogP contribution in [-0.2, 0) is 6.54 Å². The molecule has 0 amide bonds. The van der Waals surface area contributed by atoms with Gasteiger partial charge in [-0.1, -0.05) is 24.3 Å². The number of piperidine rings is 1. The van der Waals surface area contributed by atoms with E-state index in [4.69, 9.17) is 16.3 Å². The number of hydrogen-bond acceptors (Lipinski definition) is 2. The second-order valence-electron chi connectivity index (χ2n) is 6.39. The molecule has 2 heterocycles. The molecule has 0 spiro atoms. The van der Waals surface area contributed by atoms with Gasteiger partial charge in [0.25, 0.3) is 0 Å². The van der Waals surface area contributed by atoms with Gasteiger partial charge in [0, 0.05) is 17.5 Å². The van der Waals surface area contributed by atoms with Gasteiger partial charge >= 0.3 is 0 Å². The Hall–Kier alpha value is -1.71. The SMILES string of the molecule is C=c1/c(=C\C)cc(-c2ccc(OC)cc2Cl)n1C[C@@H]1CCCNC1. The Balaban J connectivity index is 2.05. The maximum atomic E-state index is 6.53. The molecule has 1 aromatic carbocycles. The van der Waals surface area contributed by atoms with Gasteiger partial charge in [0.1, 0.15) is 5.75 Å². The van der Waals surface area contributed by atoms with E-state index in [2.05, 4.69) is 35.5 Å². The molecule has 4 heteroatoms. The highest BCUT2D eigenvalue weighted by molar-refractivity contribution is 6.33. The topological polar surface area (TPSA) is 26.2 Å². The quantitative estimate of drug-likeness (QED) is 0.922.